The van der Waals surface area contributed by atoms with E-state index in [4.69, 9.17) is 6.42 Å². The van der Waals surface area contributed by atoms with Gasteiger partial charge in [-0.05, 0) is 19.4 Å². The summed E-state index contributed by atoms with van der Waals surface area (Å²) in [4.78, 5) is 0. The standard InChI is InChI=1S/C11H17N3/c1-4-8-14-11(6-7-13-14)9-12-10(3)5-2/h2,6-7,10,12H,4,8-9H2,1,3H3. The highest BCUT2D eigenvalue weighted by Crippen LogP contribution is 2.00. The molecule has 0 amide bonds. The van der Waals surface area contributed by atoms with Gasteiger partial charge in [-0.2, -0.15) is 5.10 Å². The summed E-state index contributed by atoms with van der Waals surface area (Å²) in [6.07, 6.45) is 8.20. The van der Waals surface area contributed by atoms with Crippen LogP contribution < -0.4 is 5.32 Å². The first kappa shape index (κ1) is 10.8. The van der Waals surface area contributed by atoms with E-state index in [0.717, 1.165) is 19.5 Å². The molecule has 0 radical (unpaired) electrons. The van der Waals surface area contributed by atoms with E-state index >= 15 is 0 Å². The van der Waals surface area contributed by atoms with E-state index in [1.807, 2.05) is 23.9 Å². The largest absolute Gasteiger partial charge is 0.298 e. The zero-order valence-electron chi connectivity index (χ0n) is 8.83. The SMILES string of the molecule is C#CC(C)NCc1ccnn1CCC. The molecule has 1 unspecified atom stereocenters. The lowest BCUT2D eigenvalue weighted by Crippen LogP contribution is -2.25. The lowest BCUT2D eigenvalue weighted by Gasteiger charge is -2.09. The predicted octanol–water partition coefficient (Wildman–Crippen LogP) is 1.40. The molecule has 1 heterocycles. The first-order valence-corrected chi connectivity index (χ1v) is 4.98. The zero-order valence-corrected chi connectivity index (χ0v) is 8.83. The van der Waals surface area contributed by atoms with Gasteiger partial charge in [0.05, 0.1) is 11.7 Å². The van der Waals surface area contributed by atoms with Crippen molar-refractivity contribution in [2.45, 2.75) is 39.4 Å². The van der Waals surface area contributed by atoms with E-state index in [9.17, 15) is 0 Å². The van der Waals surface area contributed by atoms with Gasteiger partial charge < -0.3 is 0 Å². The van der Waals surface area contributed by atoms with Crippen LogP contribution in [0.25, 0.3) is 0 Å². The van der Waals surface area contributed by atoms with E-state index < -0.39 is 0 Å². The van der Waals surface area contributed by atoms with Crippen LogP contribution in [0, 0.1) is 12.3 Å². The second-order valence-electron chi connectivity index (χ2n) is 3.31. The van der Waals surface area contributed by atoms with Crippen LogP contribution >= 0.6 is 0 Å². The fraction of sp³-hybridized carbons (Fsp3) is 0.545. The minimum atomic E-state index is 0.111. The van der Waals surface area contributed by atoms with E-state index in [1.54, 1.807) is 0 Å². The van der Waals surface area contributed by atoms with Crippen molar-refractivity contribution in [1.82, 2.24) is 15.1 Å². The van der Waals surface area contributed by atoms with Crippen LogP contribution in [-0.4, -0.2) is 15.8 Å². The molecule has 1 aromatic rings. The Labute approximate surface area is 85.5 Å². The third kappa shape index (κ3) is 2.90. The molecule has 0 spiro atoms. The molecule has 1 atom stereocenters. The number of hydrogen-bond donors (Lipinski definition) is 1. The third-order valence-electron chi connectivity index (χ3n) is 2.08. The van der Waals surface area contributed by atoms with Crippen molar-refractivity contribution in [3.05, 3.63) is 18.0 Å². The number of aryl methyl sites for hydroxylation is 1. The van der Waals surface area contributed by atoms with Crippen LogP contribution in [0.1, 0.15) is 26.0 Å². The number of rotatable bonds is 5. The van der Waals surface area contributed by atoms with Gasteiger partial charge in [0.1, 0.15) is 0 Å². The maximum absolute atomic E-state index is 5.27. The van der Waals surface area contributed by atoms with E-state index in [0.29, 0.717) is 0 Å². The molecule has 0 bridgehead atoms. The second-order valence-corrected chi connectivity index (χ2v) is 3.31. The van der Waals surface area contributed by atoms with Gasteiger partial charge >= 0.3 is 0 Å². The van der Waals surface area contributed by atoms with Crippen LogP contribution in [0.3, 0.4) is 0 Å². The van der Waals surface area contributed by atoms with Crippen LogP contribution in [0.5, 0.6) is 0 Å². The highest BCUT2D eigenvalue weighted by molar-refractivity contribution is 5.03. The lowest BCUT2D eigenvalue weighted by atomic mass is 10.3. The molecular weight excluding hydrogens is 174 g/mol. The van der Waals surface area contributed by atoms with Crippen LogP contribution in [0.2, 0.25) is 0 Å². The van der Waals surface area contributed by atoms with Gasteiger partial charge in [-0.25, -0.2) is 0 Å². The Hall–Kier alpha value is -1.27. The zero-order chi connectivity index (χ0) is 10.4. The lowest BCUT2D eigenvalue weighted by molar-refractivity contribution is 0.541. The summed E-state index contributed by atoms with van der Waals surface area (Å²) in [6, 6.07) is 2.13. The molecule has 0 saturated heterocycles. The van der Waals surface area contributed by atoms with Gasteiger partial charge in [-0.1, -0.05) is 12.8 Å². The molecule has 0 aliphatic carbocycles. The van der Waals surface area contributed by atoms with Crippen molar-refractivity contribution < 1.29 is 0 Å². The third-order valence-corrected chi connectivity index (χ3v) is 2.08. The Balaban J connectivity index is 2.50. The number of nitrogens with zero attached hydrogens (tertiary/aromatic N) is 2. The Kier molecular flexibility index (Phi) is 4.21. The van der Waals surface area contributed by atoms with Gasteiger partial charge in [0.15, 0.2) is 0 Å². The molecule has 0 aliphatic heterocycles. The van der Waals surface area contributed by atoms with Gasteiger partial charge in [0.2, 0.25) is 0 Å². The first-order valence-electron chi connectivity index (χ1n) is 4.98. The molecule has 0 fully saturated rings. The van der Waals surface area contributed by atoms with Crippen molar-refractivity contribution >= 4 is 0 Å². The summed E-state index contributed by atoms with van der Waals surface area (Å²) in [5, 5.41) is 7.47. The minimum absolute atomic E-state index is 0.111. The summed E-state index contributed by atoms with van der Waals surface area (Å²) in [5.74, 6) is 2.64. The molecule has 0 aliphatic rings. The van der Waals surface area contributed by atoms with Gasteiger partial charge in [-0.3, -0.25) is 10.00 Å². The topological polar surface area (TPSA) is 29.9 Å². The summed E-state index contributed by atoms with van der Waals surface area (Å²) < 4.78 is 2.01. The Morgan fingerprint density at radius 2 is 2.50 bits per heavy atom. The van der Waals surface area contributed by atoms with Crippen molar-refractivity contribution in [2.75, 3.05) is 0 Å². The molecule has 1 rings (SSSR count). The molecule has 1 aromatic heterocycles. The van der Waals surface area contributed by atoms with Crippen LogP contribution in [0.4, 0.5) is 0 Å². The highest BCUT2D eigenvalue weighted by Gasteiger charge is 2.02. The number of hydrogen-bond acceptors (Lipinski definition) is 2. The molecule has 0 aromatic carbocycles. The molecule has 0 saturated carbocycles. The fourth-order valence-electron chi connectivity index (χ4n) is 1.24. The molecule has 3 heteroatoms. The Morgan fingerprint density at radius 3 is 3.14 bits per heavy atom. The van der Waals surface area contributed by atoms with Crippen molar-refractivity contribution in [1.29, 1.82) is 0 Å². The average molecular weight is 191 g/mol. The van der Waals surface area contributed by atoms with Gasteiger partial charge in [0.25, 0.3) is 0 Å². The Bertz CT molecular complexity index is 309. The van der Waals surface area contributed by atoms with Crippen molar-refractivity contribution in [3.63, 3.8) is 0 Å². The predicted molar refractivity (Wildman–Crippen MR) is 57.7 cm³/mol. The van der Waals surface area contributed by atoms with Gasteiger partial charge in [0, 0.05) is 19.3 Å². The normalized spacial score (nSPS) is 12.4. The molecular formula is C11H17N3. The van der Waals surface area contributed by atoms with E-state index in [2.05, 4.69) is 23.3 Å². The van der Waals surface area contributed by atoms with Crippen molar-refractivity contribution in [3.8, 4) is 12.3 Å². The summed E-state index contributed by atoms with van der Waals surface area (Å²) >= 11 is 0. The van der Waals surface area contributed by atoms with Crippen LogP contribution in [0.15, 0.2) is 12.3 Å². The molecule has 14 heavy (non-hydrogen) atoms. The fourth-order valence-corrected chi connectivity index (χ4v) is 1.24. The summed E-state index contributed by atoms with van der Waals surface area (Å²) in [6.45, 7) is 5.86. The van der Waals surface area contributed by atoms with Gasteiger partial charge in [-0.15, -0.1) is 6.42 Å². The highest BCUT2D eigenvalue weighted by atomic mass is 15.3. The average Bonchev–Trinajstić information content (AvgIpc) is 2.62. The molecule has 3 nitrogen and oxygen atoms in total. The maximum Gasteiger partial charge on any atom is 0.0661 e. The quantitative estimate of drug-likeness (QED) is 0.713. The van der Waals surface area contributed by atoms with E-state index in [-0.39, 0.29) is 6.04 Å². The summed E-state index contributed by atoms with van der Waals surface area (Å²) in [5.41, 5.74) is 1.19. The van der Waals surface area contributed by atoms with Crippen LogP contribution in [-0.2, 0) is 13.1 Å². The second kappa shape index (κ2) is 5.46. The first-order chi connectivity index (χ1) is 6.77. The smallest absolute Gasteiger partial charge is 0.0661 e. The Morgan fingerprint density at radius 1 is 1.71 bits per heavy atom. The van der Waals surface area contributed by atoms with E-state index in [1.165, 1.54) is 5.69 Å². The number of aromatic nitrogens is 2. The minimum Gasteiger partial charge on any atom is -0.298 e. The molecule has 1 N–H and O–H groups in total. The number of nitrogens with one attached hydrogen (secondary N) is 1. The van der Waals surface area contributed by atoms with Crippen molar-refractivity contribution in [2.24, 2.45) is 0 Å². The molecule has 76 valence electrons. The maximum atomic E-state index is 5.27. The number of terminal acetylenes is 1. The summed E-state index contributed by atoms with van der Waals surface area (Å²) in [7, 11) is 0. The monoisotopic (exact) mass is 191 g/mol.